The highest BCUT2D eigenvalue weighted by Gasteiger charge is 2.33. The number of thiophene rings is 1. The molecule has 0 radical (unpaired) electrons. The molecule has 0 saturated heterocycles. The van der Waals surface area contributed by atoms with Gasteiger partial charge in [-0.15, -0.1) is 11.3 Å². The molecule has 1 aromatic heterocycles. The summed E-state index contributed by atoms with van der Waals surface area (Å²) in [6, 6.07) is 18.0. The average Bonchev–Trinajstić information content (AvgIpc) is 3.54. The van der Waals surface area contributed by atoms with E-state index in [2.05, 4.69) is 5.32 Å². The molecule has 7 heteroatoms. The highest BCUT2D eigenvalue weighted by Crippen LogP contribution is 2.30. The number of halogens is 1. The summed E-state index contributed by atoms with van der Waals surface area (Å²) in [7, 11) is 1.61. The van der Waals surface area contributed by atoms with E-state index in [0.29, 0.717) is 10.8 Å². The van der Waals surface area contributed by atoms with Crippen molar-refractivity contribution in [1.82, 2.24) is 10.2 Å². The Labute approximate surface area is 209 Å². The first kappa shape index (κ1) is 24.3. The third-order valence-corrected chi connectivity index (χ3v) is 7.33. The van der Waals surface area contributed by atoms with Crippen LogP contribution in [0.2, 0.25) is 5.02 Å². The number of methoxy groups -OCH3 is 1. The number of amides is 2. The van der Waals surface area contributed by atoms with Crippen LogP contribution in [0.5, 0.6) is 5.75 Å². The summed E-state index contributed by atoms with van der Waals surface area (Å²) in [5, 5.41) is 5.74. The highest BCUT2D eigenvalue weighted by atomic mass is 35.5. The fourth-order valence-electron chi connectivity index (χ4n) is 4.47. The second kappa shape index (κ2) is 11.5. The lowest BCUT2D eigenvalue weighted by Crippen LogP contribution is -2.46. The van der Waals surface area contributed by atoms with Gasteiger partial charge in [-0.3, -0.25) is 9.59 Å². The molecule has 178 valence electrons. The Hall–Kier alpha value is -2.83. The zero-order valence-electron chi connectivity index (χ0n) is 19.2. The van der Waals surface area contributed by atoms with Crippen molar-refractivity contribution < 1.29 is 14.3 Å². The quantitative estimate of drug-likeness (QED) is 0.408. The molecule has 1 atom stereocenters. The average molecular weight is 497 g/mol. The summed E-state index contributed by atoms with van der Waals surface area (Å²) in [4.78, 5) is 30.1. The number of carbonyl (C=O) groups excluding carboxylic acids is 2. The van der Waals surface area contributed by atoms with E-state index >= 15 is 0 Å². The Morgan fingerprint density at radius 1 is 1.09 bits per heavy atom. The summed E-state index contributed by atoms with van der Waals surface area (Å²) >= 11 is 7.68. The van der Waals surface area contributed by atoms with Crippen LogP contribution in [-0.4, -0.2) is 29.9 Å². The molecule has 0 unspecified atom stereocenters. The normalized spacial score (nSPS) is 14.5. The maximum Gasteiger partial charge on any atom is 0.247 e. The van der Waals surface area contributed by atoms with Gasteiger partial charge in [0.1, 0.15) is 11.8 Å². The topological polar surface area (TPSA) is 58.6 Å². The maximum atomic E-state index is 13.7. The zero-order valence-corrected chi connectivity index (χ0v) is 20.8. The SMILES string of the molecule is COc1ccccc1CN(C(=O)Cc1cccs1)[C@@H](C(=O)NC1CCCC1)c1ccc(Cl)cc1. The van der Waals surface area contributed by atoms with Crippen LogP contribution in [0.3, 0.4) is 0 Å². The van der Waals surface area contributed by atoms with Crippen LogP contribution < -0.4 is 10.1 Å². The molecular weight excluding hydrogens is 468 g/mol. The lowest BCUT2D eigenvalue weighted by Gasteiger charge is -2.33. The van der Waals surface area contributed by atoms with Crippen LogP contribution >= 0.6 is 22.9 Å². The largest absolute Gasteiger partial charge is 0.496 e. The van der Waals surface area contributed by atoms with E-state index in [0.717, 1.165) is 41.7 Å². The van der Waals surface area contributed by atoms with Crippen LogP contribution in [-0.2, 0) is 22.6 Å². The van der Waals surface area contributed by atoms with E-state index < -0.39 is 6.04 Å². The molecule has 1 N–H and O–H groups in total. The second-order valence-corrected chi connectivity index (χ2v) is 10.0. The number of rotatable bonds is 9. The third kappa shape index (κ3) is 5.99. The summed E-state index contributed by atoms with van der Waals surface area (Å²) in [6.07, 6.45) is 4.38. The van der Waals surface area contributed by atoms with Crippen molar-refractivity contribution in [2.45, 2.75) is 50.7 Å². The van der Waals surface area contributed by atoms with Gasteiger partial charge in [0.2, 0.25) is 11.8 Å². The van der Waals surface area contributed by atoms with Crippen molar-refractivity contribution in [3.05, 3.63) is 87.1 Å². The first-order chi connectivity index (χ1) is 16.5. The maximum absolute atomic E-state index is 13.7. The first-order valence-electron chi connectivity index (χ1n) is 11.5. The lowest BCUT2D eigenvalue weighted by atomic mass is 10.0. The Bertz CT molecular complexity index is 1100. The molecule has 0 bridgehead atoms. The minimum absolute atomic E-state index is 0.116. The Morgan fingerprint density at radius 2 is 1.82 bits per heavy atom. The van der Waals surface area contributed by atoms with E-state index in [4.69, 9.17) is 16.3 Å². The van der Waals surface area contributed by atoms with Gasteiger partial charge in [-0.25, -0.2) is 0 Å². The van der Waals surface area contributed by atoms with E-state index in [1.807, 2.05) is 53.9 Å². The predicted octanol–water partition coefficient (Wildman–Crippen LogP) is 5.78. The van der Waals surface area contributed by atoms with Crippen molar-refractivity contribution in [3.63, 3.8) is 0 Å². The number of hydrogen-bond donors (Lipinski definition) is 1. The van der Waals surface area contributed by atoms with Crippen LogP contribution in [0.25, 0.3) is 0 Å². The van der Waals surface area contributed by atoms with Gasteiger partial charge in [-0.05, 0) is 48.1 Å². The van der Waals surface area contributed by atoms with Gasteiger partial charge in [0.25, 0.3) is 0 Å². The number of benzene rings is 2. The van der Waals surface area contributed by atoms with Crippen molar-refractivity contribution in [2.75, 3.05) is 7.11 Å². The van der Waals surface area contributed by atoms with Crippen molar-refractivity contribution in [1.29, 1.82) is 0 Å². The molecular formula is C27H29ClN2O3S. The summed E-state index contributed by atoms with van der Waals surface area (Å²) < 4.78 is 5.55. The van der Waals surface area contributed by atoms with E-state index in [1.54, 1.807) is 24.1 Å². The highest BCUT2D eigenvalue weighted by molar-refractivity contribution is 7.10. The third-order valence-electron chi connectivity index (χ3n) is 6.21. The van der Waals surface area contributed by atoms with Crippen LogP contribution in [0.1, 0.15) is 47.7 Å². The summed E-state index contributed by atoms with van der Waals surface area (Å²) in [5.41, 5.74) is 1.58. The van der Waals surface area contributed by atoms with Gasteiger partial charge < -0.3 is 15.0 Å². The molecule has 34 heavy (non-hydrogen) atoms. The molecule has 1 saturated carbocycles. The smallest absolute Gasteiger partial charge is 0.247 e. The second-order valence-electron chi connectivity index (χ2n) is 8.53. The molecule has 2 amide bonds. The number of nitrogens with one attached hydrogen (secondary N) is 1. The number of ether oxygens (including phenoxy) is 1. The summed E-state index contributed by atoms with van der Waals surface area (Å²) in [6.45, 7) is 0.250. The minimum atomic E-state index is -0.782. The lowest BCUT2D eigenvalue weighted by molar-refractivity contribution is -0.141. The molecule has 1 aliphatic carbocycles. The van der Waals surface area contributed by atoms with Crippen LogP contribution in [0.4, 0.5) is 0 Å². The predicted molar refractivity (Wildman–Crippen MR) is 136 cm³/mol. The molecule has 1 heterocycles. The fourth-order valence-corrected chi connectivity index (χ4v) is 5.29. The fraction of sp³-hybridized carbons (Fsp3) is 0.333. The summed E-state index contributed by atoms with van der Waals surface area (Å²) in [5.74, 6) is 0.404. The Morgan fingerprint density at radius 3 is 2.50 bits per heavy atom. The minimum Gasteiger partial charge on any atom is -0.496 e. The standard InChI is InChI=1S/C27H29ClN2O3S/c1-33-24-11-5-2-7-20(24)18-30(25(31)17-23-10-6-16-34-23)26(19-12-14-21(28)15-13-19)27(32)29-22-8-3-4-9-22/h2,5-7,10-16,22,26H,3-4,8-9,17-18H2,1H3,(H,29,32)/t26-/m1/s1. The molecule has 1 fully saturated rings. The van der Waals surface area contributed by atoms with Crippen molar-refractivity contribution >= 4 is 34.8 Å². The van der Waals surface area contributed by atoms with E-state index in [-0.39, 0.29) is 30.8 Å². The Balaban J connectivity index is 1.72. The van der Waals surface area contributed by atoms with Gasteiger partial charge in [-0.2, -0.15) is 0 Å². The zero-order chi connectivity index (χ0) is 23.9. The van der Waals surface area contributed by atoms with Crippen LogP contribution in [0.15, 0.2) is 66.0 Å². The number of hydrogen-bond acceptors (Lipinski definition) is 4. The van der Waals surface area contributed by atoms with Crippen molar-refractivity contribution in [2.24, 2.45) is 0 Å². The van der Waals surface area contributed by atoms with Gasteiger partial charge in [0, 0.05) is 21.5 Å². The van der Waals surface area contributed by atoms with Gasteiger partial charge in [0.15, 0.2) is 0 Å². The van der Waals surface area contributed by atoms with E-state index in [9.17, 15) is 9.59 Å². The monoisotopic (exact) mass is 496 g/mol. The first-order valence-corrected chi connectivity index (χ1v) is 12.8. The molecule has 5 nitrogen and oxygen atoms in total. The molecule has 2 aromatic carbocycles. The molecule has 1 aliphatic rings. The molecule has 0 aliphatic heterocycles. The molecule has 4 rings (SSSR count). The Kier molecular flexibility index (Phi) is 8.25. The molecule has 0 spiro atoms. The van der Waals surface area contributed by atoms with Crippen LogP contribution in [0, 0.1) is 0 Å². The molecule has 3 aromatic rings. The van der Waals surface area contributed by atoms with E-state index in [1.165, 1.54) is 11.3 Å². The van der Waals surface area contributed by atoms with Crippen molar-refractivity contribution in [3.8, 4) is 5.75 Å². The number of nitrogens with zero attached hydrogens (tertiary/aromatic N) is 1. The number of carbonyl (C=O) groups is 2. The number of para-hydroxylation sites is 1. The van der Waals surface area contributed by atoms with Gasteiger partial charge in [-0.1, -0.05) is 60.8 Å². The van der Waals surface area contributed by atoms with Gasteiger partial charge >= 0.3 is 0 Å². The van der Waals surface area contributed by atoms with Gasteiger partial charge in [0.05, 0.1) is 20.1 Å².